The topological polar surface area (TPSA) is 26.3 Å². The van der Waals surface area contributed by atoms with E-state index in [1.165, 1.54) is 18.4 Å². The first-order valence-electron chi connectivity index (χ1n) is 7.56. The van der Waals surface area contributed by atoms with E-state index in [0.717, 1.165) is 44.5 Å². The second-order valence-corrected chi connectivity index (χ2v) is 5.96. The van der Waals surface area contributed by atoms with Crippen molar-refractivity contribution < 1.29 is 9.53 Å². The maximum atomic E-state index is 11.8. The first kappa shape index (κ1) is 12.7. The van der Waals surface area contributed by atoms with E-state index in [2.05, 4.69) is 18.2 Å². The summed E-state index contributed by atoms with van der Waals surface area (Å²) >= 11 is 0. The molecule has 2 atom stereocenters. The third kappa shape index (κ3) is 2.99. The van der Waals surface area contributed by atoms with Crippen LogP contribution in [0.5, 0.6) is 5.75 Å². The predicted octanol–water partition coefficient (Wildman–Crippen LogP) is 4.09. The number of hydrogen-bond acceptors (Lipinski definition) is 2. The van der Waals surface area contributed by atoms with E-state index in [4.69, 9.17) is 4.74 Å². The van der Waals surface area contributed by atoms with Crippen molar-refractivity contribution in [2.45, 2.75) is 50.9 Å². The molecular formula is C17H22O2. The molecule has 0 amide bonds. The third-order valence-corrected chi connectivity index (χ3v) is 4.53. The molecule has 1 saturated carbocycles. The van der Waals surface area contributed by atoms with Crippen molar-refractivity contribution >= 4 is 5.78 Å². The second kappa shape index (κ2) is 5.77. The monoisotopic (exact) mass is 258 g/mol. The number of fused-ring (bicyclic) bond motifs is 1. The first-order valence-corrected chi connectivity index (χ1v) is 7.56. The lowest BCUT2D eigenvalue weighted by Crippen LogP contribution is -2.18. The van der Waals surface area contributed by atoms with E-state index in [9.17, 15) is 4.79 Å². The van der Waals surface area contributed by atoms with Gasteiger partial charge in [-0.05, 0) is 49.1 Å². The van der Waals surface area contributed by atoms with Crippen molar-refractivity contribution in [3.8, 4) is 5.75 Å². The summed E-state index contributed by atoms with van der Waals surface area (Å²) in [4.78, 5) is 11.8. The highest BCUT2D eigenvalue weighted by atomic mass is 16.5. The number of hydrogen-bond donors (Lipinski definition) is 0. The van der Waals surface area contributed by atoms with Crippen LogP contribution in [0.25, 0.3) is 0 Å². The molecule has 0 spiro atoms. The summed E-state index contributed by atoms with van der Waals surface area (Å²) in [5.41, 5.74) is 1.35. The van der Waals surface area contributed by atoms with Gasteiger partial charge in [0.25, 0.3) is 0 Å². The van der Waals surface area contributed by atoms with Gasteiger partial charge in [-0.1, -0.05) is 24.6 Å². The Kier molecular flexibility index (Phi) is 3.86. The molecule has 2 nitrogen and oxygen atoms in total. The van der Waals surface area contributed by atoms with Crippen LogP contribution in [-0.2, 0) is 4.79 Å². The summed E-state index contributed by atoms with van der Waals surface area (Å²) in [6, 6.07) is 8.40. The molecule has 19 heavy (non-hydrogen) atoms. The van der Waals surface area contributed by atoms with Crippen molar-refractivity contribution in [2.24, 2.45) is 5.92 Å². The molecule has 1 heterocycles. The van der Waals surface area contributed by atoms with Crippen LogP contribution in [0, 0.1) is 5.92 Å². The summed E-state index contributed by atoms with van der Waals surface area (Å²) in [6.45, 7) is 0.822. The average molecular weight is 258 g/mol. The molecule has 0 saturated heterocycles. The number of ketones is 1. The van der Waals surface area contributed by atoms with Crippen molar-refractivity contribution in [1.82, 2.24) is 0 Å². The normalized spacial score (nSPS) is 27.3. The summed E-state index contributed by atoms with van der Waals surface area (Å²) in [5, 5.41) is 0. The molecular weight excluding hydrogens is 236 g/mol. The van der Waals surface area contributed by atoms with Crippen molar-refractivity contribution in [3.63, 3.8) is 0 Å². The number of rotatable bonds is 2. The molecule has 1 aliphatic heterocycles. The second-order valence-electron chi connectivity index (χ2n) is 5.96. The van der Waals surface area contributed by atoms with E-state index in [1.807, 2.05) is 6.07 Å². The number of Topliss-reactive ketones (excluding diaryl/α,β-unsaturated/α-hetero) is 1. The Morgan fingerprint density at radius 3 is 3.00 bits per heavy atom. The lowest BCUT2D eigenvalue weighted by molar-refractivity contribution is -0.119. The van der Waals surface area contributed by atoms with Gasteiger partial charge in [0.15, 0.2) is 0 Å². The van der Waals surface area contributed by atoms with Crippen LogP contribution >= 0.6 is 0 Å². The molecule has 1 aromatic carbocycles. The van der Waals surface area contributed by atoms with Crippen molar-refractivity contribution in [2.75, 3.05) is 6.61 Å². The van der Waals surface area contributed by atoms with E-state index >= 15 is 0 Å². The highest BCUT2D eigenvalue weighted by molar-refractivity contribution is 5.78. The Labute approximate surface area is 115 Å². The molecule has 2 heteroatoms. The zero-order valence-electron chi connectivity index (χ0n) is 11.4. The molecule has 2 aliphatic rings. The summed E-state index contributed by atoms with van der Waals surface area (Å²) < 4.78 is 5.72. The molecule has 0 aromatic heterocycles. The lowest BCUT2D eigenvalue weighted by Gasteiger charge is -2.28. The van der Waals surface area contributed by atoms with Gasteiger partial charge in [-0.3, -0.25) is 4.79 Å². The summed E-state index contributed by atoms with van der Waals surface area (Å²) in [5.74, 6) is 2.70. The van der Waals surface area contributed by atoms with Crippen LogP contribution in [-0.4, -0.2) is 12.4 Å². The first-order chi connectivity index (χ1) is 9.33. The number of benzene rings is 1. The van der Waals surface area contributed by atoms with Crippen molar-refractivity contribution in [3.05, 3.63) is 29.8 Å². The maximum absolute atomic E-state index is 11.8. The van der Waals surface area contributed by atoms with Crippen LogP contribution < -0.4 is 4.74 Å². The molecule has 1 aliphatic carbocycles. The fourth-order valence-corrected chi connectivity index (χ4v) is 3.55. The van der Waals surface area contributed by atoms with Crippen LogP contribution in [0.4, 0.5) is 0 Å². The molecule has 2 unspecified atom stereocenters. The minimum Gasteiger partial charge on any atom is -0.493 e. The lowest BCUT2D eigenvalue weighted by atomic mass is 9.82. The Hall–Kier alpha value is -1.31. The Morgan fingerprint density at radius 1 is 1.16 bits per heavy atom. The van der Waals surface area contributed by atoms with Gasteiger partial charge in [-0.25, -0.2) is 0 Å². The molecule has 1 fully saturated rings. The average Bonchev–Trinajstić information content (AvgIpc) is 2.63. The molecule has 1 aromatic rings. The maximum Gasteiger partial charge on any atom is 0.133 e. The van der Waals surface area contributed by atoms with Gasteiger partial charge < -0.3 is 4.74 Å². The van der Waals surface area contributed by atoms with Gasteiger partial charge in [0.2, 0.25) is 0 Å². The minimum absolute atomic E-state index is 0.475. The number of carbonyl (C=O) groups is 1. The van der Waals surface area contributed by atoms with E-state index in [-0.39, 0.29) is 0 Å². The van der Waals surface area contributed by atoms with Gasteiger partial charge in [0, 0.05) is 12.8 Å². The van der Waals surface area contributed by atoms with E-state index in [0.29, 0.717) is 17.6 Å². The standard InChI is InChI=1S/C17H22O2/c18-15-6-2-1-5-13(12-15)11-14-9-10-19-17-8-4-3-7-16(14)17/h3-4,7-8,13-14H,1-2,5-6,9-12H2. The highest BCUT2D eigenvalue weighted by Gasteiger charge is 2.26. The van der Waals surface area contributed by atoms with Crippen LogP contribution in [0.3, 0.4) is 0 Å². The quantitative estimate of drug-likeness (QED) is 0.747. The Morgan fingerprint density at radius 2 is 2.05 bits per heavy atom. The number of para-hydroxylation sites is 1. The molecule has 0 bridgehead atoms. The van der Waals surface area contributed by atoms with E-state index in [1.54, 1.807) is 0 Å². The number of carbonyl (C=O) groups excluding carboxylic acids is 1. The van der Waals surface area contributed by atoms with Gasteiger partial charge in [-0.2, -0.15) is 0 Å². The van der Waals surface area contributed by atoms with Crippen LogP contribution in [0.2, 0.25) is 0 Å². The molecule has 0 radical (unpaired) electrons. The fourth-order valence-electron chi connectivity index (χ4n) is 3.55. The van der Waals surface area contributed by atoms with Gasteiger partial charge in [0.05, 0.1) is 6.61 Å². The highest BCUT2D eigenvalue weighted by Crippen LogP contribution is 2.39. The third-order valence-electron chi connectivity index (χ3n) is 4.53. The smallest absolute Gasteiger partial charge is 0.133 e. The van der Waals surface area contributed by atoms with E-state index < -0.39 is 0 Å². The largest absolute Gasteiger partial charge is 0.493 e. The minimum atomic E-state index is 0.475. The molecule has 102 valence electrons. The molecule has 3 rings (SSSR count). The molecule has 0 N–H and O–H groups in total. The SMILES string of the molecule is O=C1CCCCC(CC2CCOc3ccccc32)C1. The Bertz CT molecular complexity index is 452. The summed E-state index contributed by atoms with van der Waals surface area (Å²) in [6.07, 6.45) is 7.42. The van der Waals surface area contributed by atoms with Gasteiger partial charge in [-0.15, -0.1) is 0 Å². The van der Waals surface area contributed by atoms with Gasteiger partial charge in [0.1, 0.15) is 11.5 Å². The van der Waals surface area contributed by atoms with Gasteiger partial charge >= 0.3 is 0 Å². The Balaban J connectivity index is 1.71. The van der Waals surface area contributed by atoms with Crippen LogP contribution in [0.15, 0.2) is 24.3 Å². The zero-order valence-corrected chi connectivity index (χ0v) is 11.4. The zero-order chi connectivity index (χ0) is 13.1. The summed E-state index contributed by atoms with van der Waals surface area (Å²) in [7, 11) is 0. The van der Waals surface area contributed by atoms with Crippen LogP contribution in [0.1, 0.15) is 56.4 Å². The predicted molar refractivity (Wildman–Crippen MR) is 75.5 cm³/mol. The fraction of sp³-hybridized carbons (Fsp3) is 0.588. The number of ether oxygens (including phenoxy) is 1. The van der Waals surface area contributed by atoms with Crippen molar-refractivity contribution in [1.29, 1.82) is 0 Å².